The predicted molar refractivity (Wildman–Crippen MR) is 113 cm³/mol. The van der Waals surface area contributed by atoms with Crippen molar-refractivity contribution >= 4 is 17.9 Å². The van der Waals surface area contributed by atoms with Crippen molar-refractivity contribution in [3.05, 3.63) is 30.5 Å². The molecular weight excluding hydrogens is 443 g/mol. The Morgan fingerprint density at radius 3 is 2.45 bits per heavy atom. The highest BCUT2D eigenvalue weighted by Gasteiger charge is 2.34. The Bertz CT molecular complexity index is 997. The first-order valence-electron chi connectivity index (χ1n) is 10.6. The molecule has 0 unspecified atom stereocenters. The van der Waals surface area contributed by atoms with E-state index in [1.807, 2.05) is 0 Å². The van der Waals surface area contributed by atoms with Gasteiger partial charge in [-0.25, -0.2) is 9.48 Å². The molecule has 8 nitrogen and oxygen atoms in total. The van der Waals surface area contributed by atoms with Gasteiger partial charge in [0.1, 0.15) is 5.75 Å². The summed E-state index contributed by atoms with van der Waals surface area (Å²) in [6.07, 6.45) is -1.99. The summed E-state index contributed by atoms with van der Waals surface area (Å²) in [6.45, 7) is 5.67. The van der Waals surface area contributed by atoms with Gasteiger partial charge >= 0.3 is 12.5 Å². The number of carbonyl (C=O) groups is 2. The molecule has 3 rings (SSSR count). The number of amides is 1. The Kier molecular flexibility index (Phi) is 7.19. The van der Waals surface area contributed by atoms with Crippen LogP contribution in [-0.2, 0) is 4.79 Å². The van der Waals surface area contributed by atoms with Gasteiger partial charge in [0.15, 0.2) is 5.75 Å². The number of carbonyl (C=O) groups excluding carboxylic acids is 1. The number of alkyl halides is 3. The lowest BCUT2D eigenvalue weighted by Gasteiger charge is -2.32. The number of carboxylic acid groups (broad SMARTS) is 1. The normalized spacial score (nSPS) is 18.8. The zero-order valence-corrected chi connectivity index (χ0v) is 18.5. The first-order chi connectivity index (χ1) is 15.4. The van der Waals surface area contributed by atoms with Crippen LogP contribution in [0.25, 0.3) is 5.69 Å². The van der Waals surface area contributed by atoms with E-state index in [9.17, 15) is 27.9 Å². The number of hydrogen-bond acceptors (Lipinski definition) is 5. The van der Waals surface area contributed by atoms with Crippen LogP contribution >= 0.6 is 0 Å². The summed E-state index contributed by atoms with van der Waals surface area (Å²) in [5, 5.41) is 13.5. The minimum atomic E-state index is -4.87. The fourth-order valence-electron chi connectivity index (χ4n) is 3.94. The molecule has 0 bridgehead atoms. The molecule has 1 amide bonds. The SMILES string of the molecule is CC(C)N(c1nn(-c2cccc(OC(F)(F)F)c2)cc1OC(=O)O)C(=O)[C@H]1CC[C@H](C)CC1. The van der Waals surface area contributed by atoms with Gasteiger partial charge in [-0.15, -0.1) is 18.3 Å². The number of aromatic nitrogens is 2. The molecule has 1 saturated carbocycles. The molecule has 1 aliphatic rings. The van der Waals surface area contributed by atoms with E-state index in [-0.39, 0.29) is 35.1 Å². The van der Waals surface area contributed by atoms with Crippen LogP contribution in [0.4, 0.5) is 23.8 Å². The third-order valence-electron chi connectivity index (χ3n) is 5.52. The molecule has 0 atom stereocenters. The van der Waals surface area contributed by atoms with Crippen molar-refractivity contribution in [2.75, 3.05) is 4.90 Å². The molecular formula is C22H26F3N3O5. The van der Waals surface area contributed by atoms with Gasteiger partial charge in [-0.2, -0.15) is 0 Å². The maximum absolute atomic E-state index is 13.4. The minimum absolute atomic E-state index is 0.0156. The minimum Gasteiger partial charge on any atom is -0.449 e. The molecule has 11 heteroatoms. The first-order valence-corrected chi connectivity index (χ1v) is 10.6. The van der Waals surface area contributed by atoms with E-state index < -0.39 is 18.3 Å². The van der Waals surface area contributed by atoms with Gasteiger partial charge in [0.25, 0.3) is 0 Å². The predicted octanol–water partition coefficient (Wildman–Crippen LogP) is 5.40. The van der Waals surface area contributed by atoms with Crippen molar-refractivity contribution in [3.8, 4) is 17.2 Å². The summed E-state index contributed by atoms with van der Waals surface area (Å²) < 4.78 is 47.8. The van der Waals surface area contributed by atoms with Crippen LogP contribution < -0.4 is 14.4 Å². The Balaban J connectivity index is 1.99. The van der Waals surface area contributed by atoms with E-state index >= 15 is 0 Å². The largest absolute Gasteiger partial charge is 0.573 e. The van der Waals surface area contributed by atoms with Crippen LogP contribution in [0.15, 0.2) is 30.5 Å². The molecule has 1 fully saturated rings. The van der Waals surface area contributed by atoms with Gasteiger partial charge in [0.2, 0.25) is 11.7 Å². The smallest absolute Gasteiger partial charge is 0.449 e. The van der Waals surface area contributed by atoms with Crippen LogP contribution in [0, 0.1) is 11.8 Å². The summed E-state index contributed by atoms with van der Waals surface area (Å²) in [5.41, 5.74) is 0.167. The maximum Gasteiger partial charge on any atom is 0.573 e. The standard InChI is InChI=1S/C22H26F3N3O5/c1-13(2)28(20(29)15-9-7-14(3)8-10-15)19-18(32-21(30)31)12-27(26-19)16-5-4-6-17(11-16)33-22(23,24)25/h4-6,11-15H,7-10H2,1-3H3,(H,30,31)/t14-,15-. The van der Waals surface area contributed by atoms with Crippen LogP contribution in [0.1, 0.15) is 46.5 Å². The number of benzene rings is 1. The molecule has 0 saturated heterocycles. The van der Waals surface area contributed by atoms with E-state index in [0.717, 1.165) is 42.5 Å². The second-order valence-electron chi connectivity index (χ2n) is 8.43. The Morgan fingerprint density at radius 1 is 1.21 bits per heavy atom. The summed E-state index contributed by atoms with van der Waals surface area (Å²) >= 11 is 0. The van der Waals surface area contributed by atoms with Crippen molar-refractivity contribution in [2.45, 2.75) is 58.9 Å². The van der Waals surface area contributed by atoms with E-state index in [0.29, 0.717) is 5.92 Å². The van der Waals surface area contributed by atoms with Crippen LogP contribution in [0.5, 0.6) is 11.5 Å². The average Bonchev–Trinajstić information content (AvgIpc) is 3.10. The average molecular weight is 469 g/mol. The van der Waals surface area contributed by atoms with E-state index in [2.05, 4.69) is 16.8 Å². The van der Waals surface area contributed by atoms with Gasteiger partial charge in [0.05, 0.1) is 11.9 Å². The van der Waals surface area contributed by atoms with E-state index in [1.54, 1.807) is 13.8 Å². The molecule has 1 N–H and O–H groups in total. The molecule has 33 heavy (non-hydrogen) atoms. The number of rotatable bonds is 6. The van der Waals surface area contributed by atoms with Crippen molar-refractivity contribution in [2.24, 2.45) is 11.8 Å². The first kappa shape index (κ1) is 24.4. The van der Waals surface area contributed by atoms with Crippen LogP contribution in [-0.4, -0.2) is 39.4 Å². The molecule has 0 spiro atoms. The van der Waals surface area contributed by atoms with Crippen LogP contribution in [0.2, 0.25) is 0 Å². The second kappa shape index (κ2) is 9.72. The molecule has 0 radical (unpaired) electrons. The van der Waals surface area contributed by atoms with Crippen molar-refractivity contribution in [3.63, 3.8) is 0 Å². The number of nitrogens with zero attached hydrogens (tertiary/aromatic N) is 3. The molecule has 0 aliphatic heterocycles. The van der Waals surface area contributed by atoms with Crippen molar-refractivity contribution in [1.82, 2.24) is 9.78 Å². The molecule has 1 aromatic heterocycles. The van der Waals surface area contributed by atoms with E-state index in [4.69, 9.17) is 4.74 Å². The van der Waals surface area contributed by atoms with Gasteiger partial charge < -0.3 is 14.6 Å². The summed E-state index contributed by atoms with van der Waals surface area (Å²) in [5.74, 6) is -0.556. The maximum atomic E-state index is 13.4. The van der Waals surface area contributed by atoms with Crippen molar-refractivity contribution in [1.29, 1.82) is 0 Å². The van der Waals surface area contributed by atoms with E-state index in [1.165, 1.54) is 23.2 Å². The second-order valence-corrected chi connectivity index (χ2v) is 8.43. The lowest BCUT2D eigenvalue weighted by molar-refractivity contribution is -0.274. The van der Waals surface area contributed by atoms with Gasteiger partial charge in [-0.05, 0) is 57.6 Å². The third kappa shape index (κ3) is 6.17. The van der Waals surface area contributed by atoms with Crippen molar-refractivity contribution < 1.29 is 37.3 Å². The lowest BCUT2D eigenvalue weighted by atomic mass is 9.82. The van der Waals surface area contributed by atoms with Gasteiger partial charge in [0, 0.05) is 18.0 Å². The number of anilines is 1. The van der Waals surface area contributed by atoms with Gasteiger partial charge in [-0.3, -0.25) is 9.69 Å². The topological polar surface area (TPSA) is 93.9 Å². The zero-order chi connectivity index (χ0) is 24.3. The highest BCUT2D eigenvalue weighted by molar-refractivity contribution is 5.96. The molecule has 1 heterocycles. The molecule has 180 valence electrons. The molecule has 1 aliphatic carbocycles. The fraction of sp³-hybridized carbons (Fsp3) is 0.500. The number of ether oxygens (including phenoxy) is 2. The number of halogens is 3. The van der Waals surface area contributed by atoms with Crippen LogP contribution in [0.3, 0.4) is 0 Å². The highest BCUT2D eigenvalue weighted by atomic mass is 19.4. The lowest BCUT2D eigenvalue weighted by Crippen LogP contribution is -2.42. The Labute approximate surface area is 188 Å². The number of hydrogen-bond donors (Lipinski definition) is 1. The Morgan fingerprint density at radius 2 is 1.88 bits per heavy atom. The highest BCUT2D eigenvalue weighted by Crippen LogP contribution is 2.35. The fourth-order valence-corrected chi connectivity index (χ4v) is 3.94. The summed E-state index contributed by atoms with van der Waals surface area (Å²) in [6, 6.07) is 4.66. The quantitative estimate of drug-likeness (QED) is 0.570. The summed E-state index contributed by atoms with van der Waals surface area (Å²) in [7, 11) is 0. The molecule has 2 aromatic rings. The molecule has 1 aromatic carbocycles. The monoisotopic (exact) mass is 469 g/mol. The third-order valence-corrected chi connectivity index (χ3v) is 5.52. The summed E-state index contributed by atoms with van der Waals surface area (Å²) in [4.78, 5) is 26.0. The zero-order valence-electron chi connectivity index (χ0n) is 18.5. The van der Waals surface area contributed by atoms with Gasteiger partial charge in [-0.1, -0.05) is 13.0 Å². The Hall–Kier alpha value is -3.24.